The summed E-state index contributed by atoms with van der Waals surface area (Å²) < 4.78 is 26.2. The Morgan fingerprint density at radius 1 is 1.22 bits per heavy atom. The minimum atomic E-state index is -3.53. The van der Waals surface area contributed by atoms with Crippen LogP contribution in [0.5, 0.6) is 0 Å². The molecule has 0 atom stereocenters. The second-order valence-corrected chi connectivity index (χ2v) is 8.14. The van der Waals surface area contributed by atoms with Crippen LogP contribution >= 0.6 is 11.3 Å². The Morgan fingerprint density at radius 2 is 1.89 bits per heavy atom. The Labute approximate surface area is 162 Å². The van der Waals surface area contributed by atoms with Crippen molar-refractivity contribution in [1.82, 2.24) is 4.31 Å². The minimum Gasteiger partial charge on any atom is -0.384 e. The van der Waals surface area contributed by atoms with Gasteiger partial charge in [-0.25, -0.2) is 8.42 Å². The Balaban J connectivity index is 1.92. The fourth-order valence-corrected chi connectivity index (χ4v) is 4.35. The number of carbonyl (C=O) groups is 1. The van der Waals surface area contributed by atoms with Crippen LogP contribution in [0.15, 0.2) is 51.1 Å². The van der Waals surface area contributed by atoms with Gasteiger partial charge in [-0.15, -0.1) is 0 Å². The summed E-state index contributed by atoms with van der Waals surface area (Å²) in [5, 5.41) is 9.97. The molecule has 0 aliphatic heterocycles. The molecule has 0 spiro atoms. The van der Waals surface area contributed by atoms with Gasteiger partial charge >= 0.3 is 0 Å². The van der Waals surface area contributed by atoms with Crippen LogP contribution in [0, 0.1) is 0 Å². The average Bonchev–Trinajstić information content (AvgIpc) is 3.17. The summed E-state index contributed by atoms with van der Waals surface area (Å²) in [6.07, 6.45) is 0. The maximum Gasteiger partial charge on any atom is 0.265 e. The molecule has 0 aliphatic carbocycles. The number of thiophene rings is 1. The van der Waals surface area contributed by atoms with Crippen molar-refractivity contribution in [3.63, 3.8) is 0 Å². The van der Waals surface area contributed by atoms with E-state index in [4.69, 9.17) is 10.6 Å². The van der Waals surface area contributed by atoms with Crippen molar-refractivity contribution < 1.29 is 18.0 Å². The molecule has 2 aromatic rings. The van der Waals surface area contributed by atoms with Crippen LogP contribution in [0.1, 0.15) is 19.4 Å². The number of anilines is 1. The molecule has 10 heteroatoms. The fourth-order valence-electron chi connectivity index (χ4n) is 2.24. The third kappa shape index (κ3) is 5.52. The zero-order chi connectivity index (χ0) is 19.9. The molecule has 0 fully saturated rings. The first-order valence-electron chi connectivity index (χ1n) is 8.26. The number of nitrogens with two attached hydrogens (primary N) is 1. The van der Waals surface area contributed by atoms with E-state index in [1.54, 1.807) is 19.9 Å². The Kier molecular flexibility index (Phi) is 7.34. The highest BCUT2D eigenvalue weighted by Crippen LogP contribution is 2.18. The Hall–Kier alpha value is -2.43. The summed E-state index contributed by atoms with van der Waals surface area (Å²) in [4.78, 5) is 17.0. The standard InChI is InChI=1S/C17H22N4O4S2/c1-3-21(4-2)27(23,24)15-7-5-14(6-8-15)19-16(22)11-25-20-17(18)13-9-10-26-12-13/h5-10,12H,3-4,11H2,1-2H3,(H2,18,20)(H,19,22). The van der Waals surface area contributed by atoms with Crippen LogP contribution in [0.3, 0.4) is 0 Å². The second-order valence-electron chi connectivity index (χ2n) is 5.42. The van der Waals surface area contributed by atoms with Crippen LogP contribution in [0.25, 0.3) is 0 Å². The molecule has 3 N–H and O–H groups in total. The van der Waals surface area contributed by atoms with Crippen LogP contribution in [-0.4, -0.2) is 44.2 Å². The smallest absolute Gasteiger partial charge is 0.265 e. The van der Waals surface area contributed by atoms with Gasteiger partial charge in [0, 0.05) is 29.7 Å². The van der Waals surface area contributed by atoms with Gasteiger partial charge < -0.3 is 15.9 Å². The number of benzene rings is 1. The van der Waals surface area contributed by atoms with Gasteiger partial charge in [0.25, 0.3) is 5.91 Å². The first-order valence-corrected chi connectivity index (χ1v) is 10.6. The van der Waals surface area contributed by atoms with Gasteiger partial charge in [0.05, 0.1) is 4.90 Å². The zero-order valence-electron chi connectivity index (χ0n) is 15.1. The van der Waals surface area contributed by atoms with Crippen molar-refractivity contribution in [2.24, 2.45) is 10.9 Å². The van der Waals surface area contributed by atoms with Crippen LogP contribution in [0.2, 0.25) is 0 Å². The van der Waals surface area contributed by atoms with Crippen molar-refractivity contribution in [3.8, 4) is 0 Å². The van der Waals surface area contributed by atoms with Gasteiger partial charge in [-0.2, -0.15) is 15.6 Å². The third-order valence-electron chi connectivity index (χ3n) is 3.66. The lowest BCUT2D eigenvalue weighted by Crippen LogP contribution is -2.30. The Morgan fingerprint density at radius 3 is 2.44 bits per heavy atom. The number of amidine groups is 1. The molecule has 2 rings (SSSR count). The largest absolute Gasteiger partial charge is 0.384 e. The number of hydrogen-bond acceptors (Lipinski definition) is 6. The number of nitrogens with one attached hydrogen (secondary N) is 1. The molecule has 1 amide bonds. The number of oxime groups is 1. The quantitative estimate of drug-likeness (QED) is 0.373. The van der Waals surface area contributed by atoms with E-state index >= 15 is 0 Å². The van der Waals surface area contributed by atoms with Crippen molar-refractivity contribution in [1.29, 1.82) is 0 Å². The lowest BCUT2D eigenvalue weighted by Gasteiger charge is -2.18. The Bertz CT molecular complexity index is 874. The molecule has 146 valence electrons. The maximum atomic E-state index is 12.4. The van der Waals surface area contributed by atoms with E-state index in [2.05, 4.69) is 10.5 Å². The van der Waals surface area contributed by atoms with Crippen molar-refractivity contribution in [3.05, 3.63) is 46.7 Å². The summed E-state index contributed by atoms with van der Waals surface area (Å²) in [6.45, 7) is 4.03. The first-order chi connectivity index (χ1) is 12.9. The summed E-state index contributed by atoms with van der Waals surface area (Å²) >= 11 is 1.48. The molecule has 0 saturated heterocycles. The summed E-state index contributed by atoms with van der Waals surface area (Å²) in [6, 6.07) is 7.75. The molecular formula is C17H22N4O4S2. The molecule has 1 aromatic heterocycles. The summed E-state index contributed by atoms with van der Waals surface area (Å²) in [5.41, 5.74) is 6.90. The van der Waals surface area contributed by atoms with Gasteiger partial charge in [-0.05, 0) is 35.7 Å². The molecule has 0 aliphatic rings. The lowest BCUT2D eigenvalue weighted by atomic mass is 10.3. The number of rotatable bonds is 9. The number of hydrogen-bond donors (Lipinski definition) is 2. The number of sulfonamides is 1. The van der Waals surface area contributed by atoms with Gasteiger partial charge in [0.2, 0.25) is 10.0 Å². The number of nitrogens with zero attached hydrogens (tertiary/aromatic N) is 2. The van der Waals surface area contributed by atoms with Gasteiger partial charge in [0.1, 0.15) is 0 Å². The average molecular weight is 411 g/mol. The SMILES string of the molecule is CCN(CC)S(=O)(=O)c1ccc(NC(=O)CO/N=C(/N)c2ccsc2)cc1. The molecule has 0 unspecified atom stereocenters. The summed E-state index contributed by atoms with van der Waals surface area (Å²) in [5.74, 6) is -0.244. The molecule has 0 saturated carbocycles. The monoisotopic (exact) mass is 410 g/mol. The summed E-state index contributed by atoms with van der Waals surface area (Å²) in [7, 11) is -3.53. The fraction of sp³-hybridized carbons (Fsp3) is 0.294. The van der Waals surface area contributed by atoms with E-state index in [-0.39, 0.29) is 17.3 Å². The third-order valence-corrected chi connectivity index (χ3v) is 6.40. The van der Waals surface area contributed by atoms with Crippen molar-refractivity contribution in [2.75, 3.05) is 25.0 Å². The minimum absolute atomic E-state index is 0.175. The number of carbonyl (C=O) groups excluding carboxylic acids is 1. The highest BCUT2D eigenvalue weighted by molar-refractivity contribution is 7.89. The van der Waals surface area contributed by atoms with Crippen LogP contribution < -0.4 is 11.1 Å². The predicted octanol–water partition coefficient (Wildman–Crippen LogP) is 2.05. The van der Waals surface area contributed by atoms with Crippen molar-refractivity contribution >= 4 is 38.8 Å². The predicted molar refractivity (Wildman–Crippen MR) is 106 cm³/mol. The van der Waals surface area contributed by atoms with Crippen LogP contribution in [-0.2, 0) is 19.7 Å². The topological polar surface area (TPSA) is 114 Å². The lowest BCUT2D eigenvalue weighted by molar-refractivity contribution is -0.120. The maximum absolute atomic E-state index is 12.4. The van der Waals surface area contributed by atoms with Gasteiger partial charge in [0.15, 0.2) is 12.4 Å². The number of amides is 1. The van der Waals surface area contributed by atoms with E-state index in [9.17, 15) is 13.2 Å². The normalized spacial score (nSPS) is 12.2. The first kappa shape index (κ1) is 20.9. The zero-order valence-corrected chi connectivity index (χ0v) is 16.7. The van der Waals surface area contributed by atoms with Crippen LogP contribution in [0.4, 0.5) is 5.69 Å². The van der Waals surface area contributed by atoms with Gasteiger partial charge in [-0.1, -0.05) is 19.0 Å². The molecule has 1 aromatic carbocycles. The molecule has 8 nitrogen and oxygen atoms in total. The molecule has 0 bridgehead atoms. The molecule has 0 radical (unpaired) electrons. The highest BCUT2D eigenvalue weighted by atomic mass is 32.2. The van der Waals surface area contributed by atoms with E-state index in [1.807, 2.05) is 10.8 Å². The van der Waals surface area contributed by atoms with E-state index in [0.717, 1.165) is 5.56 Å². The van der Waals surface area contributed by atoms with E-state index in [1.165, 1.54) is 39.9 Å². The molecule has 27 heavy (non-hydrogen) atoms. The van der Waals surface area contributed by atoms with Crippen molar-refractivity contribution in [2.45, 2.75) is 18.7 Å². The van der Waals surface area contributed by atoms with E-state index < -0.39 is 15.9 Å². The van der Waals surface area contributed by atoms with Gasteiger partial charge in [-0.3, -0.25) is 4.79 Å². The van der Waals surface area contributed by atoms with E-state index in [0.29, 0.717) is 18.8 Å². The molecular weight excluding hydrogens is 388 g/mol. The highest BCUT2D eigenvalue weighted by Gasteiger charge is 2.21. The molecule has 1 heterocycles. The second kappa shape index (κ2) is 9.49.